The minimum Gasteiger partial charge on any atom is -0.378 e. The van der Waals surface area contributed by atoms with Gasteiger partial charge >= 0.3 is 0 Å². The van der Waals surface area contributed by atoms with Crippen molar-refractivity contribution in [1.29, 1.82) is 0 Å². The second kappa shape index (κ2) is 4.40. The van der Waals surface area contributed by atoms with Crippen molar-refractivity contribution in [2.24, 2.45) is 0 Å². The van der Waals surface area contributed by atoms with E-state index in [1.54, 1.807) is 0 Å². The van der Waals surface area contributed by atoms with Crippen LogP contribution in [-0.2, 0) is 4.74 Å². The van der Waals surface area contributed by atoms with Crippen molar-refractivity contribution < 1.29 is 4.74 Å². The molecule has 2 aliphatic rings. The third-order valence-corrected chi connectivity index (χ3v) is 2.94. The lowest BCUT2D eigenvalue weighted by molar-refractivity contribution is -0.00571. The van der Waals surface area contributed by atoms with Gasteiger partial charge in [0, 0.05) is 19.1 Å². The van der Waals surface area contributed by atoms with E-state index in [9.17, 15) is 0 Å². The van der Waals surface area contributed by atoms with E-state index in [0.717, 1.165) is 25.8 Å². The van der Waals surface area contributed by atoms with Crippen molar-refractivity contribution in [1.82, 2.24) is 10.2 Å². The van der Waals surface area contributed by atoms with Crippen molar-refractivity contribution in [3.05, 3.63) is 0 Å². The molecule has 0 radical (unpaired) electrons. The first-order valence-electron chi connectivity index (χ1n) is 5.45. The molecule has 1 N–H and O–H groups in total. The van der Waals surface area contributed by atoms with Crippen LogP contribution >= 0.6 is 0 Å². The largest absolute Gasteiger partial charge is 0.378 e. The van der Waals surface area contributed by atoms with E-state index in [4.69, 9.17) is 4.74 Å². The van der Waals surface area contributed by atoms with Gasteiger partial charge in [0.05, 0.1) is 19.3 Å². The summed E-state index contributed by atoms with van der Waals surface area (Å²) in [5.41, 5.74) is 0. The average Bonchev–Trinajstić information content (AvgIpc) is 2.84. The van der Waals surface area contributed by atoms with Crippen molar-refractivity contribution in [3.8, 4) is 0 Å². The van der Waals surface area contributed by atoms with E-state index >= 15 is 0 Å². The lowest BCUT2D eigenvalue weighted by Crippen LogP contribution is -2.48. The molecule has 76 valence electrons. The fourth-order valence-corrected chi connectivity index (χ4v) is 1.80. The maximum Gasteiger partial charge on any atom is 0.0643 e. The summed E-state index contributed by atoms with van der Waals surface area (Å²) in [6.07, 6.45) is 2.83. The zero-order valence-corrected chi connectivity index (χ0v) is 8.46. The van der Waals surface area contributed by atoms with E-state index in [-0.39, 0.29) is 0 Å². The summed E-state index contributed by atoms with van der Waals surface area (Å²) in [7, 11) is 0. The first-order valence-corrected chi connectivity index (χ1v) is 5.45. The van der Waals surface area contributed by atoms with Gasteiger partial charge in [-0.2, -0.15) is 0 Å². The van der Waals surface area contributed by atoms with Crippen LogP contribution in [0, 0.1) is 0 Å². The van der Waals surface area contributed by atoms with E-state index in [2.05, 4.69) is 17.1 Å². The van der Waals surface area contributed by atoms with Crippen LogP contribution < -0.4 is 5.32 Å². The standard InChI is InChI=1S/C10H20N2O/c1-2-12(10-3-4-10)6-5-11-9-7-13-8-9/h9-11H,2-8H2,1H3. The number of nitrogens with zero attached hydrogens (tertiary/aromatic N) is 1. The maximum absolute atomic E-state index is 5.10. The molecule has 2 rings (SSSR count). The monoisotopic (exact) mass is 184 g/mol. The lowest BCUT2D eigenvalue weighted by atomic mass is 10.2. The molecule has 0 aromatic rings. The van der Waals surface area contributed by atoms with Crippen LogP contribution in [0.1, 0.15) is 19.8 Å². The zero-order valence-electron chi connectivity index (χ0n) is 8.46. The van der Waals surface area contributed by atoms with Gasteiger partial charge in [0.25, 0.3) is 0 Å². The molecule has 0 unspecified atom stereocenters. The van der Waals surface area contributed by atoms with Crippen LogP contribution in [0.3, 0.4) is 0 Å². The highest BCUT2D eigenvalue weighted by Gasteiger charge is 2.27. The molecular formula is C10H20N2O. The fourth-order valence-electron chi connectivity index (χ4n) is 1.80. The molecular weight excluding hydrogens is 164 g/mol. The fraction of sp³-hybridized carbons (Fsp3) is 1.00. The highest BCUT2D eigenvalue weighted by Crippen LogP contribution is 2.25. The van der Waals surface area contributed by atoms with Crippen molar-refractivity contribution in [2.75, 3.05) is 32.8 Å². The van der Waals surface area contributed by atoms with Crippen molar-refractivity contribution >= 4 is 0 Å². The molecule has 13 heavy (non-hydrogen) atoms. The van der Waals surface area contributed by atoms with Crippen LogP contribution in [-0.4, -0.2) is 49.8 Å². The molecule has 3 heteroatoms. The second-order valence-corrected chi connectivity index (χ2v) is 4.05. The molecule has 1 aliphatic carbocycles. The molecule has 0 aromatic heterocycles. The zero-order chi connectivity index (χ0) is 9.10. The smallest absolute Gasteiger partial charge is 0.0643 e. The number of rotatable bonds is 6. The first-order chi connectivity index (χ1) is 6.40. The number of ether oxygens (including phenoxy) is 1. The molecule has 0 spiro atoms. The molecule has 3 nitrogen and oxygen atoms in total. The molecule has 0 atom stereocenters. The van der Waals surface area contributed by atoms with Gasteiger partial charge in [-0.05, 0) is 19.4 Å². The Balaban J connectivity index is 1.54. The van der Waals surface area contributed by atoms with E-state index in [1.807, 2.05) is 0 Å². The molecule has 1 saturated carbocycles. The Morgan fingerprint density at radius 1 is 1.38 bits per heavy atom. The summed E-state index contributed by atoms with van der Waals surface area (Å²) in [4.78, 5) is 2.58. The van der Waals surface area contributed by atoms with Crippen LogP contribution in [0.25, 0.3) is 0 Å². The molecule has 0 aromatic carbocycles. The van der Waals surface area contributed by atoms with Crippen LogP contribution in [0.5, 0.6) is 0 Å². The number of nitrogens with one attached hydrogen (secondary N) is 1. The Hall–Kier alpha value is -0.120. The normalized spacial score (nSPS) is 23.5. The first kappa shape index (κ1) is 9.44. The maximum atomic E-state index is 5.10. The van der Waals surface area contributed by atoms with Gasteiger partial charge in [0.2, 0.25) is 0 Å². The summed E-state index contributed by atoms with van der Waals surface area (Å²) in [6.45, 7) is 7.61. The molecule has 1 heterocycles. The Labute approximate surface area is 80.4 Å². The van der Waals surface area contributed by atoms with Crippen LogP contribution in [0.2, 0.25) is 0 Å². The third-order valence-electron chi connectivity index (χ3n) is 2.94. The average molecular weight is 184 g/mol. The van der Waals surface area contributed by atoms with Gasteiger partial charge in [-0.3, -0.25) is 4.90 Å². The van der Waals surface area contributed by atoms with Gasteiger partial charge in [0.1, 0.15) is 0 Å². The summed E-state index contributed by atoms with van der Waals surface area (Å²) < 4.78 is 5.10. The minimum absolute atomic E-state index is 0.637. The van der Waals surface area contributed by atoms with E-state index in [0.29, 0.717) is 6.04 Å². The predicted molar refractivity (Wildman–Crippen MR) is 52.9 cm³/mol. The van der Waals surface area contributed by atoms with Crippen LogP contribution in [0.15, 0.2) is 0 Å². The SMILES string of the molecule is CCN(CCNC1COC1)C1CC1. The highest BCUT2D eigenvalue weighted by atomic mass is 16.5. The Morgan fingerprint density at radius 2 is 2.15 bits per heavy atom. The molecule has 2 fully saturated rings. The summed E-state index contributed by atoms with van der Waals surface area (Å²) in [6, 6.07) is 1.54. The number of hydrogen-bond donors (Lipinski definition) is 1. The molecule has 0 bridgehead atoms. The van der Waals surface area contributed by atoms with Gasteiger partial charge in [-0.15, -0.1) is 0 Å². The van der Waals surface area contributed by atoms with Crippen molar-refractivity contribution in [3.63, 3.8) is 0 Å². The minimum atomic E-state index is 0.637. The van der Waals surface area contributed by atoms with Gasteiger partial charge < -0.3 is 10.1 Å². The molecule has 1 aliphatic heterocycles. The van der Waals surface area contributed by atoms with Crippen LogP contribution in [0.4, 0.5) is 0 Å². The summed E-state index contributed by atoms with van der Waals surface area (Å²) in [5.74, 6) is 0. The number of hydrogen-bond acceptors (Lipinski definition) is 3. The quantitative estimate of drug-likeness (QED) is 0.649. The van der Waals surface area contributed by atoms with E-state index < -0.39 is 0 Å². The van der Waals surface area contributed by atoms with Crippen molar-refractivity contribution in [2.45, 2.75) is 31.8 Å². The Kier molecular flexibility index (Phi) is 3.19. The van der Waals surface area contributed by atoms with Gasteiger partial charge in [-0.25, -0.2) is 0 Å². The van der Waals surface area contributed by atoms with E-state index in [1.165, 1.54) is 25.9 Å². The molecule has 1 saturated heterocycles. The Bertz CT molecular complexity index is 155. The predicted octanol–water partition coefficient (Wildman–Crippen LogP) is 0.459. The summed E-state index contributed by atoms with van der Waals surface area (Å²) in [5, 5.41) is 3.50. The molecule has 0 amide bonds. The highest BCUT2D eigenvalue weighted by molar-refractivity contribution is 4.84. The lowest BCUT2D eigenvalue weighted by Gasteiger charge is -2.28. The van der Waals surface area contributed by atoms with Gasteiger partial charge in [-0.1, -0.05) is 6.92 Å². The topological polar surface area (TPSA) is 24.5 Å². The number of likely N-dealkylation sites (N-methyl/N-ethyl adjacent to an activating group) is 1. The summed E-state index contributed by atoms with van der Waals surface area (Å²) >= 11 is 0. The third kappa shape index (κ3) is 2.66. The Morgan fingerprint density at radius 3 is 2.62 bits per heavy atom. The van der Waals surface area contributed by atoms with Gasteiger partial charge in [0.15, 0.2) is 0 Å². The second-order valence-electron chi connectivity index (χ2n) is 4.05.